The summed E-state index contributed by atoms with van der Waals surface area (Å²) in [4.78, 5) is 21.9. The predicted molar refractivity (Wildman–Crippen MR) is 78.7 cm³/mol. The van der Waals surface area contributed by atoms with Gasteiger partial charge in [0.1, 0.15) is 11.4 Å². The summed E-state index contributed by atoms with van der Waals surface area (Å²) in [5, 5.41) is 17.5. The van der Waals surface area contributed by atoms with E-state index in [-0.39, 0.29) is 23.8 Å². The normalized spacial score (nSPS) is 10.1. The van der Waals surface area contributed by atoms with E-state index in [4.69, 9.17) is 16.3 Å². The Hall–Kier alpha value is -2.81. The van der Waals surface area contributed by atoms with Gasteiger partial charge in [0.25, 0.3) is 5.91 Å². The van der Waals surface area contributed by atoms with Gasteiger partial charge >= 0.3 is 5.69 Å². The molecule has 9 nitrogen and oxygen atoms in total. The number of carbonyl (C=O) groups excluding carboxylic acids is 1. The molecule has 0 bridgehead atoms. The molecule has 0 aliphatic carbocycles. The lowest BCUT2D eigenvalue weighted by Gasteiger charge is -2.07. The van der Waals surface area contributed by atoms with Gasteiger partial charge in [-0.1, -0.05) is 11.6 Å². The second kappa shape index (κ2) is 6.76. The first-order valence-corrected chi connectivity index (χ1v) is 6.47. The molecule has 0 atom stereocenters. The second-order valence-corrected chi connectivity index (χ2v) is 4.66. The van der Waals surface area contributed by atoms with Crippen LogP contribution in [0.5, 0.6) is 5.75 Å². The van der Waals surface area contributed by atoms with Gasteiger partial charge < -0.3 is 4.74 Å². The number of hydrazine groups is 1. The average molecular weight is 326 g/mol. The van der Waals surface area contributed by atoms with Crippen molar-refractivity contribution < 1.29 is 14.5 Å². The summed E-state index contributed by atoms with van der Waals surface area (Å²) in [5.41, 5.74) is 4.68. The summed E-state index contributed by atoms with van der Waals surface area (Å²) in [5.74, 6) is -0.131. The van der Waals surface area contributed by atoms with Crippen LogP contribution in [0, 0.1) is 17.0 Å². The summed E-state index contributed by atoms with van der Waals surface area (Å²) in [6.07, 6.45) is 0. The molecule has 1 aromatic heterocycles. The van der Waals surface area contributed by atoms with E-state index in [1.165, 1.54) is 6.92 Å². The number of nitrogens with one attached hydrogen (secondary N) is 3. The standard InChI is InChI=1S/C12H12ClN5O4/c1-7-11(18(20)21)12(16-14-7)17-15-10(19)6-22-9-4-2-8(13)3-5-9/h2-5H,6H2,1H3,(H,15,19)(H2,14,16,17). The highest BCUT2D eigenvalue weighted by Gasteiger charge is 2.21. The van der Waals surface area contributed by atoms with E-state index in [9.17, 15) is 14.9 Å². The van der Waals surface area contributed by atoms with Crippen LogP contribution in [0.3, 0.4) is 0 Å². The van der Waals surface area contributed by atoms with E-state index in [1.807, 2.05) is 0 Å². The Morgan fingerprint density at radius 3 is 2.77 bits per heavy atom. The summed E-state index contributed by atoms with van der Waals surface area (Å²) in [6, 6.07) is 6.49. The lowest BCUT2D eigenvalue weighted by molar-refractivity contribution is -0.384. The van der Waals surface area contributed by atoms with Gasteiger partial charge in [-0.05, 0) is 31.2 Å². The third-order valence-corrected chi connectivity index (χ3v) is 2.85. The van der Waals surface area contributed by atoms with Crippen LogP contribution in [0.4, 0.5) is 11.5 Å². The quantitative estimate of drug-likeness (QED) is 0.550. The fourth-order valence-corrected chi connectivity index (χ4v) is 1.70. The summed E-state index contributed by atoms with van der Waals surface area (Å²) in [7, 11) is 0. The minimum atomic E-state index is -0.600. The van der Waals surface area contributed by atoms with Crippen molar-refractivity contribution in [1.29, 1.82) is 0 Å². The van der Waals surface area contributed by atoms with Crippen LogP contribution >= 0.6 is 11.6 Å². The Balaban J connectivity index is 1.85. The average Bonchev–Trinajstić information content (AvgIpc) is 2.85. The van der Waals surface area contributed by atoms with Crippen LogP contribution in [0.25, 0.3) is 0 Å². The first-order chi connectivity index (χ1) is 10.5. The third kappa shape index (κ3) is 3.85. The van der Waals surface area contributed by atoms with E-state index in [0.29, 0.717) is 10.8 Å². The number of aromatic amines is 1. The number of anilines is 1. The van der Waals surface area contributed by atoms with Crippen molar-refractivity contribution in [2.75, 3.05) is 12.0 Å². The molecule has 0 saturated heterocycles. The summed E-state index contributed by atoms with van der Waals surface area (Å²) < 4.78 is 5.22. The summed E-state index contributed by atoms with van der Waals surface area (Å²) >= 11 is 5.72. The van der Waals surface area contributed by atoms with Crippen LogP contribution in [0.15, 0.2) is 24.3 Å². The lowest BCUT2D eigenvalue weighted by atomic mass is 10.3. The maximum Gasteiger partial charge on any atom is 0.335 e. The highest BCUT2D eigenvalue weighted by atomic mass is 35.5. The molecule has 0 aliphatic rings. The van der Waals surface area contributed by atoms with Crippen molar-refractivity contribution in [3.05, 3.63) is 45.1 Å². The molecule has 2 rings (SSSR count). The number of benzene rings is 1. The zero-order valence-corrected chi connectivity index (χ0v) is 12.2. The monoisotopic (exact) mass is 325 g/mol. The van der Waals surface area contributed by atoms with Gasteiger partial charge in [0.05, 0.1) is 4.92 Å². The van der Waals surface area contributed by atoms with Gasteiger partial charge in [-0.15, -0.1) is 5.10 Å². The molecule has 0 radical (unpaired) electrons. The fraction of sp³-hybridized carbons (Fsp3) is 0.167. The van der Waals surface area contributed by atoms with Crippen LogP contribution in [0.1, 0.15) is 5.69 Å². The van der Waals surface area contributed by atoms with Crippen molar-refractivity contribution in [1.82, 2.24) is 15.6 Å². The number of amides is 1. The summed E-state index contributed by atoms with van der Waals surface area (Å²) in [6.45, 7) is 1.23. The number of H-pyrrole nitrogens is 1. The Bertz CT molecular complexity index is 685. The van der Waals surface area contributed by atoms with Crippen molar-refractivity contribution in [3.63, 3.8) is 0 Å². The van der Waals surface area contributed by atoms with Gasteiger partial charge in [0.2, 0.25) is 5.82 Å². The molecule has 116 valence electrons. The Morgan fingerprint density at radius 2 is 2.14 bits per heavy atom. The number of carbonyl (C=O) groups is 1. The molecule has 1 aromatic carbocycles. The maximum atomic E-state index is 11.6. The van der Waals surface area contributed by atoms with Crippen LogP contribution in [-0.4, -0.2) is 27.6 Å². The number of nitrogens with zero attached hydrogens (tertiary/aromatic N) is 2. The van der Waals surface area contributed by atoms with Crippen LogP contribution in [0.2, 0.25) is 5.02 Å². The number of aromatic nitrogens is 2. The Morgan fingerprint density at radius 1 is 1.45 bits per heavy atom. The minimum Gasteiger partial charge on any atom is -0.484 e. The fourth-order valence-electron chi connectivity index (χ4n) is 1.58. The van der Waals surface area contributed by atoms with Gasteiger partial charge in [0, 0.05) is 5.02 Å². The van der Waals surface area contributed by atoms with Gasteiger partial charge in [-0.3, -0.25) is 30.9 Å². The first-order valence-electron chi connectivity index (χ1n) is 6.10. The molecule has 10 heteroatoms. The van der Waals surface area contributed by atoms with Crippen LogP contribution < -0.4 is 15.6 Å². The number of halogens is 1. The second-order valence-electron chi connectivity index (χ2n) is 4.22. The number of hydrogen-bond donors (Lipinski definition) is 3. The van der Waals surface area contributed by atoms with Crippen molar-refractivity contribution in [2.45, 2.75) is 6.92 Å². The van der Waals surface area contributed by atoms with E-state index < -0.39 is 10.8 Å². The zero-order chi connectivity index (χ0) is 16.1. The van der Waals surface area contributed by atoms with Gasteiger partial charge in [0.15, 0.2) is 6.61 Å². The number of hydrogen-bond acceptors (Lipinski definition) is 6. The Labute approximate surface area is 129 Å². The molecule has 0 spiro atoms. The first kappa shape index (κ1) is 15.6. The highest BCUT2D eigenvalue weighted by molar-refractivity contribution is 6.30. The molecule has 22 heavy (non-hydrogen) atoms. The highest BCUT2D eigenvalue weighted by Crippen LogP contribution is 2.23. The predicted octanol–water partition coefficient (Wildman–Crippen LogP) is 1.80. The lowest BCUT2D eigenvalue weighted by Crippen LogP contribution is -2.34. The molecule has 0 saturated carbocycles. The molecule has 1 amide bonds. The molecule has 0 unspecified atom stereocenters. The molecule has 0 fully saturated rings. The number of aryl methyl sites for hydroxylation is 1. The van der Waals surface area contributed by atoms with Crippen molar-refractivity contribution in [3.8, 4) is 5.75 Å². The smallest absolute Gasteiger partial charge is 0.335 e. The van der Waals surface area contributed by atoms with E-state index >= 15 is 0 Å². The molecule has 2 aromatic rings. The largest absolute Gasteiger partial charge is 0.484 e. The minimum absolute atomic E-state index is 0.0812. The van der Waals surface area contributed by atoms with E-state index in [0.717, 1.165) is 0 Å². The van der Waals surface area contributed by atoms with Crippen LogP contribution in [-0.2, 0) is 4.79 Å². The molecule has 0 aliphatic heterocycles. The molecule has 3 N–H and O–H groups in total. The number of ether oxygens (including phenoxy) is 1. The van der Waals surface area contributed by atoms with Gasteiger partial charge in [-0.2, -0.15) is 0 Å². The molecule has 1 heterocycles. The molecular formula is C12H12ClN5O4. The Kier molecular flexibility index (Phi) is 4.79. The van der Waals surface area contributed by atoms with E-state index in [2.05, 4.69) is 21.0 Å². The zero-order valence-electron chi connectivity index (χ0n) is 11.4. The SMILES string of the molecule is Cc1[nH]nc(NNC(=O)COc2ccc(Cl)cc2)c1[N+](=O)[O-]. The number of rotatable bonds is 6. The molecular weight excluding hydrogens is 314 g/mol. The van der Waals surface area contributed by atoms with Crippen molar-refractivity contribution in [2.24, 2.45) is 0 Å². The van der Waals surface area contributed by atoms with Crippen molar-refractivity contribution >= 4 is 29.0 Å². The third-order valence-electron chi connectivity index (χ3n) is 2.60. The van der Waals surface area contributed by atoms with Gasteiger partial charge in [-0.25, -0.2) is 0 Å². The van der Waals surface area contributed by atoms with E-state index in [1.54, 1.807) is 24.3 Å². The maximum absolute atomic E-state index is 11.6. The number of nitro groups is 1. The topological polar surface area (TPSA) is 122 Å².